The topological polar surface area (TPSA) is 62.8 Å². The van der Waals surface area contributed by atoms with Gasteiger partial charge in [-0.3, -0.25) is 9.69 Å². The molecule has 1 saturated heterocycles. The Morgan fingerprint density at radius 3 is 2.81 bits per heavy atom. The number of nitrogens with one attached hydrogen (secondary N) is 2. The van der Waals surface area contributed by atoms with E-state index >= 15 is 0 Å². The number of nitrogens with zero attached hydrogens (tertiary/aromatic N) is 1. The van der Waals surface area contributed by atoms with E-state index in [1.165, 1.54) is 0 Å². The van der Waals surface area contributed by atoms with E-state index in [0.29, 0.717) is 19.1 Å². The highest BCUT2D eigenvalue weighted by Gasteiger charge is 2.37. The first-order chi connectivity index (χ1) is 15.0. The zero-order valence-electron chi connectivity index (χ0n) is 18.1. The maximum Gasteiger partial charge on any atom is 0.237 e. The van der Waals surface area contributed by atoms with E-state index in [4.69, 9.17) is 21.1 Å². The van der Waals surface area contributed by atoms with Crippen LogP contribution in [0.5, 0.6) is 11.5 Å². The SMILES string of the molecule is CC(C)N1C[C@@H](NCc2ccccc2Cl)C[C@H]1C(=O)NCCc1ccc2c(c1)OCO2. The number of ether oxygens (including phenoxy) is 2. The van der Waals surface area contributed by atoms with E-state index in [1.54, 1.807) is 0 Å². The van der Waals surface area contributed by atoms with Crippen LogP contribution in [0.3, 0.4) is 0 Å². The number of fused-ring (bicyclic) bond motifs is 1. The van der Waals surface area contributed by atoms with Gasteiger partial charge in [-0.05, 0) is 56.0 Å². The van der Waals surface area contributed by atoms with Crippen molar-refractivity contribution in [3.05, 3.63) is 58.6 Å². The number of hydrogen-bond donors (Lipinski definition) is 2. The second-order valence-corrected chi connectivity index (χ2v) is 8.85. The van der Waals surface area contributed by atoms with Crippen LogP contribution in [0.2, 0.25) is 5.02 Å². The molecule has 2 aliphatic heterocycles. The van der Waals surface area contributed by atoms with E-state index in [9.17, 15) is 4.79 Å². The Morgan fingerprint density at radius 2 is 2.00 bits per heavy atom. The van der Waals surface area contributed by atoms with Crippen molar-refractivity contribution in [3.63, 3.8) is 0 Å². The number of halogens is 1. The lowest BCUT2D eigenvalue weighted by molar-refractivity contribution is -0.126. The molecule has 166 valence electrons. The molecule has 0 aromatic heterocycles. The highest BCUT2D eigenvalue weighted by Crippen LogP contribution is 2.32. The fourth-order valence-corrected chi connectivity index (χ4v) is 4.48. The van der Waals surface area contributed by atoms with Crippen LogP contribution in [-0.4, -0.2) is 48.8 Å². The smallest absolute Gasteiger partial charge is 0.237 e. The molecule has 1 fully saturated rings. The van der Waals surface area contributed by atoms with Crippen LogP contribution in [0.25, 0.3) is 0 Å². The Hall–Kier alpha value is -2.28. The largest absolute Gasteiger partial charge is 0.454 e. The summed E-state index contributed by atoms with van der Waals surface area (Å²) in [4.78, 5) is 15.2. The summed E-state index contributed by atoms with van der Waals surface area (Å²) >= 11 is 6.28. The molecule has 6 nitrogen and oxygen atoms in total. The summed E-state index contributed by atoms with van der Waals surface area (Å²) in [6, 6.07) is 14.2. The lowest BCUT2D eigenvalue weighted by Gasteiger charge is -2.27. The van der Waals surface area contributed by atoms with Gasteiger partial charge in [0.15, 0.2) is 11.5 Å². The molecule has 31 heavy (non-hydrogen) atoms. The third-order valence-corrected chi connectivity index (χ3v) is 6.36. The van der Waals surface area contributed by atoms with Crippen LogP contribution in [0.4, 0.5) is 0 Å². The van der Waals surface area contributed by atoms with Gasteiger partial charge in [0.1, 0.15) is 0 Å². The zero-order valence-corrected chi connectivity index (χ0v) is 18.8. The van der Waals surface area contributed by atoms with Crippen LogP contribution in [0, 0.1) is 0 Å². The number of amides is 1. The van der Waals surface area contributed by atoms with Crippen LogP contribution in [0.1, 0.15) is 31.4 Å². The van der Waals surface area contributed by atoms with Gasteiger partial charge in [0.25, 0.3) is 0 Å². The minimum absolute atomic E-state index is 0.0940. The third kappa shape index (κ3) is 5.32. The van der Waals surface area contributed by atoms with E-state index in [-0.39, 0.29) is 24.8 Å². The van der Waals surface area contributed by atoms with Crippen molar-refractivity contribution in [1.82, 2.24) is 15.5 Å². The quantitative estimate of drug-likeness (QED) is 0.655. The Kier molecular flexibility index (Phi) is 7.00. The van der Waals surface area contributed by atoms with Crippen LogP contribution in [-0.2, 0) is 17.8 Å². The second kappa shape index (κ2) is 9.90. The predicted molar refractivity (Wildman–Crippen MR) is 122 cm³/mol. The molecule has 0 bridgehead atoms. The lowest BCUT2D eigenvalue weighted by atomic mass is 10.1. The summed E-state index contributed by atoms with van der Waals surface area (Å²) in [5.41, 5.74) is 2.20. The third-order valence-electron chi connectivity index (χ3n) is 5.99. The van der Waals surface area contributed by atoms with Crippen LogP contribution in [0.15, 0.2) is 42.5 Å². The molecule has 1 amide bonds. The predicted octanol–water partition coefficient (Wildman–Crippen LogP) is 3.37. The Labute approximate surface area is 188 Å². The van der Waals surface area contributed by atoms with Gasteiger partial charge in [0.2, 0.25) is 12.7 Å². The van der Waals surface area contributed by atoms with Crippen molar-refractivity contribution < 1.29 is 14.3 Å². The molecule has 0 aliphatic carbocycles. The minimum Gasteiger partial charge on any atom is -0.454 e. The molecule has 0 saturated carbocycles. The molecule has 2 aliphatic rings. The number of rotatable bonds is 8. The van der Waals surface area contributed by atoms with E-state index in [1.807, 2.05) is 42.5 Å². The Bertz CT molecular complexity index is 921. The average molecular weight is 444 g/mol. The second-order valence-electron chi connectivity index (χ2n) is 8.44. The molecule has 0 radical (unpaired) electrons. The number of benzene rings is 2. The van der Waals surface area contributed by atoms with Crippen molar-refractivity contribution >= 4 is 17.5 Å². The van der Waals surface area contributed by atoms with Crippen LogP contribution >= 0.6 is 11.6 Å². The number of carbonyl (C=O) groups is 1. The fraction of sp³-hybridized carbons (Fsp3) is 0.458. The molecule has 2 heterocycles. The molecule has 2 aromatic carbocycles. The Morgan fingerprint density at radius 1 is 1.19 bits per heavy atom. The van der Waals surface area contributed by atoms with Crippen molar-refractivity contribution in [2.45, 2.75) is 51.4 Å². The Balaban J connectivity index is 1.29. The van der Waals surface area contributed by atoms with Gasteiger partial charge in [-0.15, -0.1) is 0 Å². The normalized spacial score (nSPS) is 20.4. The maximum atomic E-state index is 13.0. The van der Waals surface area contributed by atoms with E-state index in [0.717, 1.165) is 47.0 Å². The van der Waals surface area contributed by atoms with Crippen LogP contribution < -0.4 is 20.1 Å². The number of hydrogen-bond acceptors (Lipinski definition) is 5. The molecule has 0 spiro atoms. The van der Waals surface area contributed by atoms with Gasteiger partial charge < -0.3 is 20.1 Å². The zero-order chi connectivity index (χ0) is 21.8. The fourth-order valence-electron chi connectivity index (χ4n) is 4.28. The number of likely N-dealkylation sites (tertiary alicyclic amines) is 1. The van der Waals surface area contributed by atoms with Crippen molar-refractivity contribution in [1.29, 1.82) is 0 Å². The highest BCUT2D eigenvalue weighted by atomic mass is 35.5. The van der Waals surface area contributed by atoms with Gasteiger partial charge in [0.05, 0.1) is 6.04 Å². The average Bonchev–Trinajstić information content (AvgIpc) is 3.40. The number of carbonyl (C=O) groups excluding carboxylic acids is 1. The summed E-state index contributed by atoms with van der Waals surface area (Å²) in [5.74, 6) is 1.65. The monoisotopic (exact) mass is 443 g/mol. The summed E-state index contributed by atoms with van der Waals surface area (Å²) < 4.78 is 10.8. The van der Waals surface area contributed by atoms with Crippen molar-refractivity contribution in [2.75, 3.05) is 19.9 Å². The van der Waals surface area contributed by atoms with Gasteiger partial charge in [-0.2, -0.15) is 0 Å². The first-order valence-electron chi connectivity index (χ1n) is 10.9. The molecule has 2 N–H and O–H groups in total. The standard InChI is InChI=1S/C24H30ClN3O3/c1-16(2)28-14-19(27-13-18-5-3-4-6-20(18)25)12-21(28)24(29)26-10-9-17-7-8-22-23(11-17)31-15-30-22/h3-8,11,16,19,21,27H,9-10,12-15H2,1-2H3,(H,26,29)/t19-,21-/m0/s1. The lowest BCUT2D eigenvalue weighted by Crippen LogP contribution is -2.46. The van der Waals surface area contributed by atoms with Gasteiger partial charge in [-0.1, -0.05) is 35.9 Å². The molecule has 2 aromatic rings. The van der Waals surface area contributed by atoms with Gasteiger partial charge in [0, 0.05) is 36.7 Å². The first kappa shape index (κ1) is 21.9. The van der Waals surface area contributed by atoms with Gasteiger partial charge in [-0.25, -0.2) is 0 Å². The van der Waals surface area contributed by atoms with Gasteiger partial charge >= 0.3 is 0 Å². The van der Waals surface area contributed by atoms with Crippen molar-refractivity contribution in [3.8, 4) is 11.5 Å². The van der Waals surface area contributed by atoms with Crippen molar-refractivity contribution in [2.24, 2.45) is 0 Å². The molecule has 4 rings (SSSR count). The van der Waals surface area contributed by atoms with E-state index < -0.39 is 0 Å². The molecular weight excluding hydrogens is 414 g/mol. The molecule has 0 unspecified atom stereocenters. The first-order valence-corrected chi connectivity index (χ1v) is 11.3. The molecule has 7 heteroatoms. The summed E-state index contributed by atoms with van der Waals surface area (Å²) in [6.45, 7) is 6.70. The summed E-state index contributed by atoms with van der Waals surface area (Å²) in [6.07, 6.45) is 1.55. The summed E-state index contributed by atoms with van der Waals surface area (Å²) in [5, 5.41) is 7.48. The highest BCUT2D eigenvalue weighted by molar-refractivity contribution is 6.31. The minimum atomic E-state index is -0.125. The summed E-state index contributed by atoms with van der Waals surface area (Å²) in [7, 11) is 0. The maximum absolute atomic E-state index is 13.0. The molecular formula is C24H30ClN3O3. The van der Waals surface area contributed by atoms with E-state index in [2.05, 4.69) is 29.4 Å². The molecule has 2 atom stereocenters.